The smallest absolute Gasteiger partial charge is 0.184 e. The van der Waals surface area contributed by atoms with Crippen molar-refractivity contribution in [2.45, 2.75) is 39.7 Å². The number of aryl methyl sites for hydroxylation is 1. The molecule has 9 heteroatoms. The summed E-state index contributed by atoms with van der Waals surface area (Å²) < 4.78 is 9.26. The van der Waals surface area contributed by atoms with E-state index in [0.717, 1.165) is 54.3 Å². The number of rotatable bonds is 7. The molecule has 2 aromatic heterocycles. The second-order valence-electron chi connectivity index (χ2n) is 10.1. The lowest BCUT2D eigenvalue weighted by Gasteiger charge is -2.29. The van der Waals surface area contributed by atoms with E-state index in [-0.39, 0.29) is 17.7 Å². The molecular formula is C28H35N7O2. The highest BCUT2D eigenvalue weighted by atomic mass is 16.5. The molecular weight excluding hydrogens is 466 g/mol. The van der Waals surface area contributed by atoms with Crippen molar-refractivity contribution in [3.63, 3.8) is 0 Å². The van der Waals surface area contributed by atoms with Gasteiger partial charge in [0.1, 0.15) is 5.75 Å². The summed E-state index contributed by atoms with van der Waals surface area (Å²) in [5.74, 6) is 1.49. The number of aromatic nitrogens is 5. The SMILES string of the molecule is C=C(NC(C)C)c1nnc(-c2cc3c(C(C)C)nn(C)c3cc2O)n1-c1ccc(N2CCOCC2)cc1. The van der Waals surface area contributed by atoms with Crippen LogP contribution in [-0.2, 0) is 11.8 Å². The molecule has 0 saturated carbocycles. The normalized spacial score (nSPS) is 14.2. The van der Waals surface area contributed by atoms with Crippen molar-refractivity contribution >= 4 is 22.3 Å². The van der Waals surface area contributed by atoms with Gasteiger partial charge in [0.25, 0.3) is 0 Å². The fourth-order valence-electron chi connectivity index (χ4n) is 4.87. The summed E-state index contributed by atoms with van der Waals surface area (Å²) in [5, 5.41) is 29.2. The Balaban J connectivity index is 1.65. The van der Waals surface area contributed by atoms with Crippen molar-refractivity contribution in [2.24, 2.45) is 7.05 Å². The number of morpholine rings is 1. The first-order chi connectivity index (χ1) is 17.7. The molecule has 0 aliphatic carbocycles. The van der Waals surface area contributed by atoms with Crippen LogP contribution < -0.4 is 10.2 Å². The molecule has 0 bridgehead atoms. The van der Waals surface area contributed by atoms with Crippen molar-refractivity contribution in [1.82, 2.24) is 29.9 Å². The minimum atomic E-state index is 0.123. The minimum Gasteiger partial charge on any atom is -0.507 e. The zero-order chi connectivity index (χ0) is 26.3. The standard InChI is InChI=1S/C28H35N7O2/c1-17(2)26-22-15-23(25(36)16-24(22)33(6)32-26)28-31-30-27(19(5)29-18(3)4)35(28)21-9-7-20(8-10-21)34-11-13-37-14-12-34/h7-10,15-18,29,36H,5,11-14H2,1-4,6H3. The van der Waals surface area contributed by atoms with Crippen LogP contribution in [-0.4, -0.2) is 62.0 Å². The number of anilines is 1. The maximum atomic E-state index is 11.1. The van der Waals surface area contributed by atoms with Gasteiger partial charge in [-0.15, -0.1) is 10.2 Å². The molecule has 5 rings (SSSR count). The van der Waals surface area contributed by atoms with Gasteiger partial charge in [-0.1, -0.05) is 20.4 Å². The number of nitrogens with zero attached hydrogens (tertiary/aromatic N) is 6. The van der Waals surface area contributed by atoms with E-state index in [0.29, 0.717) is 22.9 Å². The molecule has 3 heterocycles. The lowest BCUT2D eigenvalue weighted by atomic mass is 10.0. The second-order valence-corrected chi connectivity index (χ2v) is 10.1. The molecule has 2 aromatic carbocycles. The Morgan fingerprint density at radius 2 is 1.70 bits per heavy atom. The summed E-state index contributed by atoms with van der Waals surface area (Å²) in [4.78, 5) is 2.32. The summed E-state index contributed by atoms with van der Waals surface area (Å²) in [5.41, 5.74) is 5.13. The molecule has 1 saturated heterocycles. The highest BCUT2D eigenvalue weighted by molar-refractivity contribution is 5.90. The molecule has 0 amide bonds. The van der Waals surface area contributed by atoms with E-state index in [9.17, 15) is 5.11 Å². The molecule has 2 N–H and O–H groups in total. The molecule has 9 nitrogen and oxygen atoms in total. The average Bonchev–Trinajstić information content (AvgIpc) is 3.45. The van der Waals surface area contributed by atoms with Gasteiger partial charge in [0.15, 0.2) is 11.6 Å². The first-order valence-electron chi connectivity index (χ1n) is 12.8. The van der Waals surface area contributed by atoms with Crippen LogP contribution in [0.4, 0.5) is 5.69 Å². The Morgan fingerprint density at radius 3 is 2.35 bits per heavy atom. The zero-order valence-corrected chi connectivity index (χ0v) is 22.2. The fraction of sp³-hybridized carbons (Fsp3) is 0.393. The van der Waals surface area contributed by atoms with Crippen LogP contribution in [0.5, 0.6) is 5.75 Å². The molecule has 1 aliphatic heterocycles. The van der Waals surface area contributed by atoms with Gasteiger partial charge in [0.05, 0.1) is 35.7 Å². The van der Waals surface area contributed by atoms with Crippen LogP contribution in [0.15, 0.2) is 43.0 Å². The number of ether oxygens (including phenoxy) is 1. The number of hydrogen-bond donors (Lipinski definition) is 2. The fourth-order valence-corrected chi connectivity index (χ4v) is 4.87. The number of fused-ring (bicyclic) bond motifs is 1. The third-order valence-corrected chi connectivity index (χ3v) is 6.66. The third-order valence-electron chi connectivity index (χ3n) is 6.66. The number of hydrogen-bond acceptors (Lipinski definition) is 7. The largest absolute Gasteiger partial charge is 0.507 e. The van der Waals surface area contributed by atoms with Crippen LogP contribution in [0.3, 0.4) is 0 Å². The van der Waals surface area contributed by atoms with E-state index in [4.69, 9.17) is 9.84 Å². The minimum absolute atomic E-state index is 0.123. The summed E-state index contributed by atoms with van der Waals surface area (Å²) in [6.45, 7) is 15.8. The summed E-state index contributed by atoms with van der Waals surface area (Å²) in [7, 11) is 1.89. The van der Waals surface area contributed by atoms with E-state index < -0.39 is 0 Å². The Kier molecular flexibility index (Phi) is 6.64. The van der Waals surface area contributed by atoms with Crippen molar-refractivity contribution in [3.05, 3.63) is 54.5 Å². The predicted octanol–water partition coefficient (Wildman–Crippen LogP) is 4.46. The van der Waals surface area contributed by atoms with Crippen LogP contribution in [0.2, 0.25) is 0 Å². The van der Waals surface area contributed by atoms with Crippen LogP contribution in [0.25, 0.3) is 33.7 Å². The monoisotopic (exact) mass is 501 g/mol. The highest BCUT2D eigenvalue weighted by Crippen LogP contribution is 2.37. The number of aromatic hydroxyl groups is 1. The van der Waals surface area contributed by atoms with Gasteiger partial charge < -0.3 is 20.1 Å². The Labute approximate surface area is 217 Å². The predicted molar refractivity (Wildman–Crippen MR) is 147 cm³/mol. The first-order valence-corrected chi connectivity index (χ1v) is 12.8. The van der Waals surface area contributed by atoms with Crippen molar-refractivity contribution in [3.8, 4) is 22.8 Å². The number of phenolic OH excluding ortho intramolecular Hbond substituents is 1. The highest BCUT2D eigenvalue weighted by Gasteiger charge is 2.23. The van der Waals surface area contributed by atoms with Gasteiger partial charge >= 0.3 is 0 Å². The molecule has 194 valence electrons. The molecule has 1 aliphatic rings. The average molecular weight is 502 g/mol. The van der Waals surface area contributed by atoms with Gasteiger partial charge in [0.2, 0.25) is 0 Å². The number of nitrogens with one attached hydrogen (secondary N) is 1. The second kappa shape index (κ2) is 9.89. The molecule has 4 aromatic rings. The molecule has 37 heavy (non-hydrogen) atoms. The van der Waals surface area contributed by atoms with E-state index in [1.54, 1.807) is 6.07 Å². The molecule has 1 fully saturated rings. The van der Waals surface area contributed by atoms with E-state index in [1.807, 2.05) is 22.4 Å². The quantitative estimate of drug-likeness (QED) is 0.386. The van der Waals surface area contributed by atoms with Gasteiger partial charge in [-0.3, -0.25) is 9.25 Å². The molecule has 0 atom stereocenters. The van der Waals surface area contributed by atoms with E-state index >= 15 is 0 Å². The number of phenols is 1. The van der Waals surface area contributed by atoms with Crippen LogP contribution in [0.1, 0.15) is 45.1 Å². The summed E-state index contributed by atoms with van der Waals surface area (Å²) in [6.07, 6.45) is 0. The number of benzene rings is 2. The van der Waals surface area contributed by atoms with Crippen LogP contribution >= 0.6 is 0 Å². The zero-order valence-electron chi connectivity index (χ0n) is 22.2. The van der Waals surface area contributed by atoms with E-state index in [2.05, 4.69) is 79.0 Å². The maximum Gasteiger partial charge on any atom is 0.184 e. The molecule has 0 spiro atoms. The van der Waals surface area contributed by atoms with Gasteiger partial charge in [-0.2, -0.15) is 5.10 Å². The van der Waals surface area contributed by atoms with Gasteiger partial charge in [-0.25, -0.2) is 0 Å². The lowest BCUT2D eigenvalue weighted by Crippen LogP contribution is -2.36. The van der Waals surface area contributed by atoms with Gasteiger partial charge in [0, 0.05) is 49.0 Å². The molecule has 0 radical (unpaired) electrons. The Morgan fingerprint density at radius 1 is 1.03 bits per heavy atom. The lowest BCUT2D eigenvalue weighted by molar-refractivity contribution is 0.122. The first kappa shape index (κ1) is 24.8. The van der Waals surface area contributed by atoms with Crippen molar-refractivity contribution in [2.75, 3.05) is 31.2 Å². The van der Waals surface area contributed by atoms with Crippen LogP contribution in [0, 0.1) is 0 Å². The van der Waals surface area contributed by atoms with Crippen molar-refractivity contribution in [1.29, 1.82) is 0 Å². The van der Waals surface area contributed by atoms with Gasteiger partial charge in [-0.05, 0) is 50.1 Å². The van der Waals surface area contributed by atoms with Crippen molar-refractivity contribution < 1.29 is 9.84 Å². The Hall–Kier alpha value is -3.85. The maximum absolute atomic E-state index is 11.1. The molecule has 0 unspecified atom stereocenters. The third kappa shape index (κ3) is 4.67. The summed E-state index contributed by atoms with van der Waals surface area (Å²) >= 11 is 0. The summed E-state index contributed by atoms with van der Waals surface area (Å²) in [6, 6.07) is 12.2. The van der Waals surface area contributed by atoms with E-state index in [1.165, 1.54) is 0 Å². The Bertz CT molecular complexity index is 1430. The topological polar surface area (TPSA) is 93.3 Å².